The molecule has 0 saturated heterocycles. The highest BCUT2D eigenvalue weighted by Crippen LogP contribution is 2.27. The maximum absolute atomic E-state index is 6.04. The molecule has 2 aromatic rings. The van der Waals surface area contributed by atoms with Gasteiger partial charge in [-0.2, -0.15) is 0 Å². The van der Waals surface area contributed by atoms with E-state index in [-0.39, 0.29) is 0 Å². The molecule has 0 radical (unpaired) electrons. The predicted molar refractivity (Wildman–Crippen MR) is 68.2 cm³/mol. The maximum Gasteiger partial charge on any atom is 0.0355 e. The molecule has 2 heteroatoms. The fourth-order valence-electron chi connectivity index (χ4n) is 1.81. The lowest BCUT2D eigenvalue weighted by Crippen LogP contribution is -1.96. The molecule has 0 atom stereocenters. The lowest BCUT2D eigenvalue weighted by atomic mass is 9.97. The third-order valence-corrected chi connectivity index (χ3v) is 2.70. The monoisotopic (exact) mass is 212 g/mol. The highest BCUT2D eigenvalue weighted by molar-refractivity contribution is 5.68. The number of hydrogen-bond acceptors (Lipinski definition) is 2. The number of anilines is 1. The molecule has 0 aliphatic carbocycles. The molecule has 2 rings (SSSR count). The van der Waals surface area contributed by atoms with Crippen LogP contribution in [0.1, 0.15) is 25.3 Å². The van der Waals surface area contributed by atoms with Gasteiger partial charge in [0.1, 0.15) is 0 Å². The molecule has 1 heterocycles. The van der Waals surface area contributed by atoms with Gasteiger partial charge < -0.3 is 5.73 Å². The molecule has 0 saturated carbocycles. The summed E-state index contributed by atoms with van der Waals surface area (Å²) in [7, 11) is 0. The number of benzene rings is 1. The zero-order chi connectivity index (χ0) is 11.5. The van der Waals surface area contributed by atoms with E-state index in [1.165, 1.54) is 5.56 Å². The summed E-state index contributed by atoms with van der Waals surface area (Å²) < 4.78 is 0. The number of nitrogen functional groups attached to an aromatic ring is 1. The molecule has 0 bridgehead atoms. The van der Waals surface area contributed by atoms with Gasteiger partial charge in [0.25, 0.3) is 0 Å². The average Bonchev–Trinajstić information content (AvgIpc) is 2.29. The molecule has 16 heavy (non-hydrogen) atoms. The summed E-state index contributed by atoms with van der Waals surface area (Å²) in [5.74, 6) is 0.461. The first-order valence-electron chi connectivity index (χ1n) is 5.48. The predicted octanol–water partition coefficient (Wildman–Crippen LogP) is 3.45. The normalized spacial score (nSPS) is 10.7. The number of aromatic nitrogens is 1. The summed E-state index contributed by atoms with van der Waals surface area (Å²) in [5.41, 5.74) is 10.3. The van der Waals surface area contributed by atoms with Gasteiger partial charge in [-0.15, -0.1) is 0 Å². The molecule has 1 aromatic heterocycles. The van der Waals surface area contributed by atoms with Gasteiger partial charge in [-0.05, 0) is 29.2 Å². The van der Waals surface area contributed by atoms with E-state index in [4.69, 9.17) is 5.73 Å². The Morgan fingerprint density at radius 3 is 2.50 bits per heavy atom. The third kappa shape index (κ3) is 2.06. The molecule has 0 aliphatic heterocycles. The highest BCUT2D eigenvalue weighted by Gasteiger charge is 2.05. The van der Waals surface area contributed by atoms with Crippen LogP contribution in [0.4, 0.5) is 5.69 Å². The van der Waals surface area contributed by atoms with Gasteiger partial charge in [0.05, 0.1) is 0 Å². The Bertz CT molecular complexity index is 475. The molecule has 0 amide bonds. The van der Waals surface area contributed by atoms with Crippen LogP contribution in [0.5, 0.6) is 0 Å². The zero-order valence-electron chi connectivity index (χ0n) is 9.64. The van der Waals surface area contributed by atoms with Crippen molar-refractivity contribution in [1.29, 1.82) is 0 Å². The number of nitrogens with two attached hydrogens (primary N) is 1. The second-order valence-corrected chi connectivity index (χ2v) is 4.24. The molecule has 0 unspecified atom stereocenters. The minimum atomic E-state index is 0.461. The number of hydrogen-bond donors (Lipinski definition) is 1. The van der Waals surface area contributed by atoms with E-state index in [1.807, 2.05) is 24.4 Å². The third-order valence-electron chi connectivity index (χ3n) is 2.70. The van der Waals surface area contributed by atoms with Crippen molar-refractivity contribution in [3.63, 3.8) is 0 Å². The minimum absolute atomic E-state index is 0.461. The fraction of sp³-hybridized carbons (Fsp3) is 0.214. The summed E-state index contributed by atoms with van der Waals surface area (Å²) in [5, 5.41) is 0. The first kappa shape index (κ1) is 10.7. The lowest BCUT2D eigenvalue weighted by molar-refractivity contribution is 0.870. The SMILES string of the molecule is CC(C)c1ccc(-c2cccnc2)cc1N. The quantitative estimate of drug-likeness (QED) is 0.774. The summed E-state index contributed by atoms with van der Waals surface area (Å²) in [6.07, 6.45) is 3.62. The molecule has 1 aromatic carbocycles. The minimum Gasteiger partial charge on any atom is -0.398 e. The van der Waals surface area contributed by atoms with Gasteiger partial charge in [0.15, 0.2) is 0 Å². The molecule has 82 valence electrons. The van der Waals surface area contributed by atoms with Gasteiger partial charge in [0.2, 0.25) is 0 Å². The average molecular weight is 212 g/mol. The first-order valence-corrected chi connectivity index (χ1v) is 5.48. The first-order chi connectivity index (χ1) is 7.68. The Kier molecular flexibility index (Phi) is 2.91. The van der Waals surface area contributed by atoms with Gasteiger partial charge in [-0.25, -0.2) is 0 Å². The van der Waals surface area contributed by atoms with Crippen LogP contribution >= 0.6 is 0 Å². The van der Waals surface area contributed by atoms with Crippen molar-refractivity contribution in [3.05, 3.63) is 48.3 Å². The van der Waals surface area contributed by atoms with E-state index in [9.17, 15) is 0 Å². The van der Waals surface area contributed by atoms with Crippen molar-refractivity contribution in [2.75, 3.05) is 5.73 Å². The molecular formula is C14H16N2. The van der Waals surface area contributed by atoms with Crippen LogP contribution in [0.15, 0.2) is 42.7 Å². The van der Waals surface area contributed by atoms with Crippen LogP contribution in [0, 0.1) is 0 Å². The van der Waals surface area contributed by atoms with E-state index >= 15 is 0 Å². The fourth-order valence-corrected chi connectivity index (χ4v) is 1.81. The van der Waals surface area contributed by atoms with Gasteiger partial charge in [0, 0.05) is 23.6 Å². The largest absolute Gasteiger partial charge is 0.398 e. The Morgan fingerprint density at radius 2 is 1.94 bits per heavy atom. The van der Waals surface area contributed by atoms with Crippen molar-refractivity contribution in [2.45, 2.75) is 19.8 Å². The van der Waals surface area contributed by atoms with Crippen LogP contribution < -0.4 is 5.73 Å². The van der Waals surface area contributed by atoms with E-state index in [1.54, 1.807) is 6.20 Å². The van der Waals surface area contributed by atoms with Crippen molar-refractivity contribution in [3.8, 4) is 11.1 Å². The maximum atomic E-state index is 6.04. The second kappa shape index (κ2) is 4.35. The zero-order valence-corrected chi connectivity index (χ0v) is 9.64. The van der Waals surface area contributed by atoms with Crippen molar-refractivity contribution in [2.24, 2.45) is 0 Å². The molecule has 0 aliphatic rings. The Balaban J connectivity index is 2.43. The molecule has 2 N–H and O–H groups in total. The summed E-state index contributed by atoms with van der Waals surface area (Å²) in [6, 6.07) is 10.2. The van der Waals surface area contributed by atoms with E-state index < -0.39 is 0 Å². The standard InChI is InChI=1S/C14H16N2/c1-10(2)13-6-5-11(8-14(13)15)12-4-3-7-16-9-12/h3-10H,15H2,1-2H3. The smallest absolute Gasteiger partial charge is 0.0355 e. The van der Waals surface area contributed by atoms with Crippen LogP contribution in [0.25, 0.3) is 11.1 Å². The van der Waals surface area contributed by atoms with Gasteiger partial charge in [-0.1, -0.05) is 32.0 Å². The van der Waals surface area contributed by atoms with Crippen LogP contribution in [0.3, 0.4) is 0 Å². The summed E-state index contributed by atoms with van der Waals surface area (Å²) in [4.78, 5) is 4.11. The Hall–Kier alpha value is -1.83. The van der Waals surface area contributed by atoms with E-state index in [0.717, 1.165) is 16.8 Å². The molecule has 0 spiro atoms. The molecular weight excluding hydrogens is 196 g/mol. The number of rotatable bonds is 2. The lowest BCUT2D eigenvalue weighted by Gasteiger charge is -2.11. The van der Waals surface area contributed by atoms with Crippen LogP contribution in [-0.4, -0.2) is 4.98 Å². The second-order valence-electron chi connectivity index (χ2n) is 4.24. The molecule has 2 nitrogen and oxygen atoms in total. The highest BCUT2D eigenvalue weighted by atomic mass is 14.6. The van der Waals surface area contributed by atoms with E-state index in [0.29, 0.717) is 5.92 Å². The van der Waals surface area contributed by atoms with Crippen molar-refractivity contribution >= 4 is 5.69 Å². The number of nitrogens with zero attached hydrogens (tertiary/aromatic N) is 1. The van der Waals surface area contributed by atoms with Crippen LogP contribution in [0.2, 0.25) is 0 Å². The summed E-state index contributed by atoms with van der Waals surface area (Å²) in [6.45, 7) is 4.30. The number of pyridine rings is 1. The van der Waals surface area contributed by atoms with Gasteiger partial charge >= 0.3 is 0 Å². The summed E-state index contributed by atoms with van der Waals surface area (Å²) >= 11 is 0. The topological polar surface area (TPSA) is 38.9 Å². The van der Waals surface area contributed by atoms with Crippen LogP contribution in [-0.2, 0) is 0 Å². The Labute approximate surface area is 96.1 Å². The van der Waals surface area contributed by atoms with Gasteiger partial charge in [-0.3, -0.25) is 4.98 Å². The van der Waals surface area contributed by atoms with E-state index in [2.05, 4.69) is 31.0 Å². The molecule has 0 fully saturated rings. The van der Waals surface area contributed by atoms with Crippen molar-refractivity contribution in [1.82, 2.24) is 4.98 Å². The Morgan fingerprint density at radius 1 is 1.12 bits per heavy atom. The van der Waals surface area contributed by atoms with Crippen molar-refractivity contribution < 1.29 is 0 Å².